The Morgan fingerprint density at radius 3 is 2.00 bits per heavy atom. The molecule has 0 N–H and O–H groups in total. The minimum atomic E-state index is -0.341. The first kappa shape index (κ1) is 14.3. The molecule has 0 spiro atoms. The molecule has 20 heavy (non-hydrogen) atoms. The zero-order valence-corrected chi connectivity index (χ0v) is 13.1. The van der Waals surface area contributed by atoms with Crippen LogP contribution in [0.2, 0.25) is 0 Å². The quantitative estimate of drug-likeness (QED) is 0.761. The van der Waals surface area contributed by atoms with Crippen LogP contribution in [0.1, 0.15) is 27.7 Å². The summed E-state index contributed by atoms with van der Waals surface area (Å²) in [6.45, 7) is 12.0. The van der Waals surface area contributed by atoms with Gasteiger partial charge >= 0.3 is 0 Å². The molecule has 5 nitrogen and oxygen atoms in total. The van der Waals surface area contributed by atoms with Crippen LogP contribution in [0.4, 0.5) is 0 Å². The van der Waals surface area contributed by atoms with Gasteiger partial charge in [-0.2, -0.15) is 10.3 Å². The summed E-state index contributed by atoms with van der Waals surface area (Å²) >= 11 is 0. The van der Waals surface area contributed by atoms with Crippen LogP contribution in [0.3, 0.4) is 0 Å². The monoisotopic (exact) mass is 279 g/mol. The fraction of sp³-hybridized carbons (Fsp3) is 0.933. The average molecular weight is 279 g/mol. The lowest BCUT2D eigenvalue weighted by Gasteiger charge is -2.46. The average Bonchev–Trinajstić information content (AvgIpc) is 3.08. The molecule has 1 aliphatic carbocycles. The summed E-state index contributed by atoms with van der Waals surface area (Å²) in [5, 5.41) is 12.0. The second-order valence-electron chi connectivity index (χ2n) is 7.28. The third-order valence-electron chi connectivity index (χ3n) is 5.64. The molecular weight excluding hydrogens is 254 g/mol. The fourth-order valence-electron chi connectivity index (χ4n) is 5.27. The predicted molar refractivity (Wildman–Crippen MR) is 74.7 cm³/mol. The molecule has 0 amide bonds. The lowest BCUT2D eigenvalue weighted by molar-refractivity contribution is -0.241. The van der Waals surface area contributed by atoms with Crippen molar-refractivity contribution in [3.8, 4) is 6.07 Å². The van der Waals surface area contributed by atoms with Gasteiger partial charge in [0.2, 0.25) is 0 Å². The van der Waals surface area contributed by atoms with Crippen LogP contribution in [0.5, 0.6) is 0 Å². The molecule has 0 aromatic heterocycles. The van der Waals surface area contributed by atoms with Crippen LogP contribution in [0.15, 0.2) is 0 Å². The highest BCUT2D eigenvalue weighted by Crippen LogP contribution is 2.71. The smallest absolute Gasteiger partial charge is 0.119 e. The van der Waals surface area contributed by atoms with Crippen molar-refractivity contribution in [1.29, 1.82) is 5.26 Å². The van der Waals surface area contributed by atoms with Crippen molar-refractivity contribution in [3.05, 3.63) is 0 Å². The third kappa shape index (κ3) is 1.46. The van der Waals surface area contributed by atoms with Gasteiger partial charge in [0.25, 0.3) is 0 Å². The maximum Gasteiger partial charge on any atom is 0.119 e. The number of nitrogens with zero attached hydrogens (tertiary/aromatic N) is 3. The molecule has 2 aliphatic heterocycles. The first-order valence-electron chi connectivity index (χ1n) is 7.43. The zero-order valence-electron chi connectivity index (χ0n) is 13.1. The molecule has 1 saturated carbocycles. The number of hydrogen-bond acceptors (Lipinski definition) is 5. The number of rotatable bonds is 2. The number of hydrogen-bond donors (Lipinski definition) is 0. The molecule has 2 unspecified atom stereocenters. The van der Waals surface area contributed by atoms with Crippen LogP contribution < -0.4 is 0 Å². The van der Waals surface area contributed by atoms with E-state index in [1.165, 1.54) is 0 Å². The summed E-state index contributed by atoms with van der Waals surface area (Å²) in [7, 11) is 1.73. The lowest BCUT2D eigenvalue weighted by atomic mass is 9.90. The van der Waals surface area contributed by atoms with E-state index in [4.69, 9.17) is 9.57 Å². The first-order valence-corrected chi connectivity index (χ1v) is 7.43. The van der Waals surface area contributed by atoms with Gasteiger partial charge in [-0.1, -0.05) is 0 Å². The van der Waals surface area contributed by atoms with E-state index in [1.54, 1.807) is 7.11 Å². The number of morpholine rings is 1. The normalized spacial score (nSPS) is 43.0. The van der Waals surface area contributed by atoms with Crippen molar-refractivity contribution in [3.63, 3.8) is 0 Å². The van der Waals surface area contributed by atoms with Crippen LogP contribution in [-0.2, 0) is 9.57 Å². The van der Waals surface area contributed by atoms with E-state index >= 15 is 0 Å². The van der Waals surface area contributed by atoms with Gasteiger partial charge in [0.05, 0.1) is 26.4 Å². The number of hydroxylamine groups is 2. The van der Waals surface area contributed by atoms with E-state index < -0.39 is 0 Å². The second-order valence-corrected chi connectivity index (χ2v) is 7.28. The molecule has 2 heterocycles. The van der Waals surface area contributed by atoms with E-state index in [0.717, 1.165) is 26.3 Å². The van der Waals surface area contributed by atoms with Crippen molar-refractivity contribution in [2.75, 3.05) is 33.4 Å². The van der Waals surface area contributed by atoms with Gasteiger partial charge in [0, 0.05) is 36.0 Å². The SMILES string of the molecule is CON1C(C)(C)C2C(C1(C)C)C2(C#N)N1CCOCC1. The van der Waals surface area contributed by atoms with E-state index in [9.17, 15) is 5.26 Å². The standard InChI is InChI=1S/C15H25N3O2/c1-13(2)11-12(14(3,4)18(13)19-5)15(11,10-16)17-6-8-20-9-7-17/h11-12H,6-9H2,1-5H3. The molecular formula is C15H25N3O2. The molecule has 2 saturated heterocycles. The third-order valence-corrected chi connectivity index (χ3v) is 5.64. The van der Waals surface area contributed by atoms with E-state index in [2.05, 4.69) is 43.7 Å². The molecule has 5 heteroatoms. The highest BCUT2D eigenvalue weighted by atomic mass is 16.7. The van der Waals surface area contributed by atoms with Gasteiger partial charge in [0.15, 0.2) is 0 Å². The number of fused-ring (bicyclic) bond motifs is 1. The highest BCUT2D eigenvalue weighted by molar-refractivity contribution is 5.41. The zero-order chi connectivity index (χ0) is 14.8. The van der Waals surface area contributed by atoms with Gasteiger partial charge in [-0.05, 0) is 27.7 Å². The molecule has 3 aliphatic rings. The largest absolute Gasteiger partial charge is 0.379 e. The molecule has 112 valence electrons. The molecule has 3 rings (SSSR count). The van der Waals surface area contributed by atoms with Crippen LogP contribution in [0, 0.1) is 23.2 Å². The molecule has 0 aromatic rings. The van der Waals surface area contributed by atoms with Gasteiger partial charge in [-0.3, -0.25) is 4.90 Å². The molecule has 0 bridgehead atoms. The minimum Gasteiger partial charge on any atom is -0.379 e. The minimum absolute atomic E-state index is 0.128. The van der Waals surface area contributed by atoms with Gasteiger partial charge in [-0.25, -0.2) is 0 Å². The maximum atomic E-state index is 9.95. The Morgan fingerprint density at radius 2 is 1.60 bits per heavy atom. The lowest BCUT2D eigenvalue weighted by Crippen LogP contribution is -2.60. The summed E-state index contributed by atoms with van der Waals surface area (Å²) in [4.78, 5) is 8.00. The van der Waals surface area contributed by atoms with Crippen LogP contribution in [0.25, 0.3) is 0 Å². The Labute approximate surface area is 121 Å². The van der Waals surface area contributed by atoms with E-state index in [1.807, 2.05) is 0 Å². The Hall–Kier alpha value is -0.670. The molecule has 2 atom stereocenters. The fourth-order valence-corrected chi connectivity index (χ4v) is 5.27. The second kappa shape index (κ2) is 4.17. The summed E-state index contributed by atoms with van der Waals surface area (Å²) in [5.41, 5.74) is -0.598. The molecule has 0 radical (unpaired) electrons. The van der Waals surface area contributed by atoms with Gasteiger partial charge in [-0.15, -0.1) is 0 Å². The summed E-state index contributed by atoms with van der Waals surface area (Å²) in [6.07, 6.45) is 0. The summed E-state index contributed by atoms with van der Waals surface area (Å²) in [6, 6.07) is 2.67. The topological polar surface area (TPSA) is 48.7 Å². The van der Waals surface area contributed by atoms with Crippen LogP contribution in [-0.4, -0.2) is 60.0 Å². The van der Waals surface area contributed by atoms with E-state index in [-0.39, 0.29) is 16.6 Å². The number of nitriles is 1. The Bertz CT molecular complexity index is 427. The maximum absolute atomic E-state index is 9.95. The van der Waals surface area contributed by atoms with Crippen molar-refractivity contribution < 1.29 is 9.57 Å². The molecule has 0 aromatic carbocycles. The summed E-state index contributed by atoms with van der Waals surface area (Å²) < 4.78 is 5.45. The van der Waals surface area contributed by atoms with Crippen molar-refractivity contribution in [2.24, 2.45) is 11.8 Å². The molecule has 3 fully saturated rings. The van der Waals surface area contributed by atoms with Gasteiger partial charge < -0.3 is 9.57 Å². The predicted octanol–water partition coefficient (Wildman–Crippen LogP) is 1.26. The highest BCUT2D eigenvalue weighted by Gasteiger charge is 2.84. The Balaban J connectivity index is 1.97. The van der Waals surface area contributed by atoms with Crippen molar-refractivity contribution in [1.82, 2.24) is 9.96 Å². The first-order chi connectivity index (χ1) is 9.35. The summed E-state index contributed by atoms with van der Waals surface area (Å²) in [5.74, 6) is 0.654. The Kier molecular flexibility index (Phi) is 2.98. The van der Waals surface area contributed by atoms with Crippen molar-refractivity contribution in [2.45, 2.75) is 44.3 Å². The Morgan fingerprint density at radius 1 is 1.10 bits per heavy atom. The number of piperidine rings is 1. The van der Waals surface area contributed by atoms with E-state index in [0.29, 0.717) is 11.8 Å². The van der Waals surface area contributed by atoms with Gasteiger partial charge in [0.1, 0.15) is 5.54 Å². The van der Waals surface area contributed by atoms with Crippen LogP contribution >= 0.6 is 0 Å². The van der Waals surface area contributed by atoms with Crippen molar-refractivity contribution >= 4 is 0 Å². The number of ether oxygens (including phenoxy) is 1.